The first-order chi connectivity index (χ1) is 10.3. The highest BCUT2D eigenvalue weighted by atomic mass is 32.2. The molecule has 0 bridgehead atoms. The number of imidazole rings is 1. The predicted octanol–water partition coefficient (Wildman–Crippen LogP) is 3.54. The molecule has 4 heteroatoms. The Hall–Kier alpha value is -1.78. The van der Waals surface area contributed by atoms with E-state index < -0.39 is 0 Å². The van der Waals surface area contributed by atoms with Crippen molar-refractivity contribution >= 4 is 22.8 Å². The van der Waals surface area contributed by atoms with Crippen LogP contribution in [-0.2, 0) is 6.42 Å². The van der Waals surface area contributed by atoms with E-state index in [0.29, 0.717) is 11.3 Å². The summed E-state index contributed by atoms with van der Waals surface area (Å²) in [7, 11) is 2.04. The van der Waals surface area contributed by atoms with Crippen molar-refractivity contribution in [3.63, 3.8) is 0 Å². The standard InChI is InChI=1S/C17H17N3S/c1-18-16-12-7-3-2-6-11(12)10-15(16)21-17-19-13-8-4-5-9-14(13)20-17/h2-9,15-16,18H,10H2,1H3,(H,19,20). The topological polar surface area (TPSA) is 40.7 Å². The average molecular weight is 295 g/mol. The molecule has 2 aromatic carbocycles. The summed E-state index contributed by atoms with van der Waals surface area (Å²) in [5.41, 5.74) is 5.02. The number of nitrogens with zero attached hydrogens (tertiary/aromatic N) is 1. The monoisotopic (exact) mass is 295 g/mol. The number of para-hydroxylation sites is 2. The van der Waals surface area contributed by atoms with Gasteiger partial charge in [-0.25, -0.2) is 4.98 Å². The molecule has 2 atom stereocenters. The van der Waals surface area contributed by atoms with Crippen LogP contribution < -0.4 is 5.32 Å². The molecule has 1 heterocycles. The van der Waals surface area contributed by atoms with E-state index in [1.54, 1.807) is 0 Å². The molecule has 0 saturated carbocycles. The molecule has 0 spiro atoms. The van der Waals surface area contributed by atoms with Gasteiger partial charge in [-0.05, 0) is 36.7 Å². The molecule has 0 saturated heterocycles. The first-order valence-corrected chi connectivity index (χ1v) is 8.09. The fraction of sp³-hybridized carbons (Fsp3) is 0.235. The number of thioether (sulfide) groups is 1. The van der Waals surface area contributed by atoms with Crippen LogP contribution in [0.25, 0.3) is 11.0 Å². The number of rotatable bonds is 3. The van der Waals surface area contributed by atoms with E-state index in [1.165, 1.54) is 11.1 Å². The molecule has 0 amide bonds. The van der Waals surface area contributed by atoms with Crippen molar-refractivity contribution in [1.29, 1.82) is 0 Å². The molecular formula is C17H17N3S. The van der Waals surface area contributed by atoms with E-state index in [4.69, 9.17) is 0 Å². The van der Waals surface area contributed by atoms with E-state index in [1.807, 2.05) is 30.9 Å². The molecule has 3 aromatic rings. The molecule has 0 fully saturated rings. The second kappa shape index (κ2) is 5.20. The van der Waals surface area contributed by atoms with Crippen molar-refractivity contribution in [2.24, 2.45) is 0 Å². The lowest BCUT2D eigenvalue weighted by atomic mass is 10.1. The quantitative estimate of drug-likeness (QED) is 0.776. The summed E-state index contributed by atoms with van der Waals surface area (Å²) in [5, 5.41) is 4.95. The maximum absolute atomic E-state index is 4.69. The van der Waals surface area contributed by atoms with Crippen molar-refractivity contribution in [3.05, 3.63) is 59.7 Å². The van der Waals surface area contributed by atoms with Crippen molar-refractivity contribution < 1.29 is 0 Å². The number of aromatic nitrogens is 2. The molecule has 4 rings (SSSR count). The number of benzene rings is 2. The zero-order valence-electron chi connectivity index (χ0n) is 11.8. The molecule has 2 N–H and O–H groups in total. The second-order valence-corrected chi connectivity index (χ2v) is 6.61. The Labute approximate surface area is 128 Å². The smallest absolute Gasteiger partial charge is 0.166 e. The van der Waals surface area contributed by atoms with Gasteiger partial charge in [-0.2, -0.15) is 0 Å². The van der Waals surface area contributed by atoms with Gasteiger partial charge in [-0.1, -0.05) is 48.2 Å². The van der Waals surface area contributed by atoms with Gasteiger partial charge in [0, 0.05) is 11.3 Å². The number of nitrogens with one attached hydrogen (secondary N) is 2. The minimum absolute atomic E-state index is 0.388. The zero-order chi connectivity index (χ0) is 14.2. The van der Waals surface area contributed by atoms with E-state index in [0.717, 1.165) is 22.6 Å². The molecule has 0 radical (unpaired) electrons. The molecule has 106 valence electrons. The largest absolute Gasteiger partial charge is 0.333 e. The summed E-state index contributed by atoms with van der Waals surface area (Å²) in [5.74, 6) is 0. The third-order valence-electron chi connectivity index (χ3n) is 4.12. The predicted molar refractivity (Wildman–Crippen MR) is 87.7 cm³/mol. The lowest BCUT2D eigenvalue weighted by Gasteiger charge is -2.18. The van der Waals surface area contributed by atoms with Crippen LogP contribution in [0.15, 0.2) is 53.7 Å². The molecule has 3 nitrogen and oxygen atoms in total. The highest BCUT2D eigenvalue weighted by Gasteiger charge is 2.32. The van der Waals surface area contributed by atoms with Crippen molar-refractivity contribution in [1.82, 2.24) is 15.3 Å². The van der Waals surface area contributed by atoms with Crippen molar-refractivity contribution in [2.45, 2.75) is 22.9 Å². The minimum atomic E-state index is 0.388. The summed E-state index contributed by atoms with van der Waals surface area (Å²) in [6.07, 6.45) is 1.09. The van der Waals surface area contributed by atoms with Gasteiger partial charge in [0.2, 0.25) is 0 Å². The van der Waals surface area contributed by atoms with E-state index >= 15 is 0 Å². The third-order valence-corrected chi connectivity index (χ3v) is 5.28. The zero-order valence-corrected chi connectivity index (χ0v) is 12.7. The third kappa shape index (κ3) is 2.24. The molecule has 1 aliphatic rings. The first-order valence-electron chi connectivity index (χ1n) is 7.21. The Balaban J connectivity index is 1.63. The fourth-order valence-electron chi connectivity index (χ4n) is 3.14. The number of hydrogen-bond acceptors (Lipinski definition) is 3. The van der Waals surface area contributed by atoms with Gasteiger partial charge in [0.05, 0.1) is 11.0 Å². The Kier molecular flexibility index (Phi) is 3.20. The first kappa shape index (κ1) is 12.9. The van der Waals surface area contributed by atoms with Gasteiger partial charge in [-0.3, -0.25) is 0 Å². The van der Waals surface area contributed by atoms with Gasteiger partial charge in [0.1, 0.15) is 0 Å². The van der Waals surface area contributed by atoms with Crippen molar-refractivity contribution in [2.75, 3.05) is 7.05 Å². The van der Waals surface area contributed by atoms with Gasteiger partial charge < -0.3 is 10.3 Å². The SMILES string of the molecule is CNC1c2ccccc2CC1Sc1nc2ccccc2[nH]1. The molecule has 1 aliphatic carbocycles. The van der Waals surface area contributed by atoms with E-state index in [-0.39, 0.29) is 0 Å². The number of aromatic amines is 1. The average Bonchev–Trinajstić information content (AvgIpc) is 3.06. The Morgan fingerprint density at radius 3 is 2.81 bits per heavy atom. The molecule has 1 aromatic heterocycles. The van der Waals surface area contributed by atoms with Gasteiger partial charge in [0.15, 0.2) is 5.16 Å². The van der Waals surface area contributed by atoms with E-state index in [9.17, 15) is 0 Å². The van der Waals surface area contributed by atoms with Crippen molar-refractivity contribution in [3.8, 4) is 0 Å². The molecular weight excluding hydrogens is 278 g/mol. The number of hydrogen-bond donors (Lipinski definition) is 2. The maximum Gasteiger partial charge on any atom is 0.166 e. The Bertz CT molecular complexity index is 747. The Morgan fingerprint density at radius 2 is 1.95 bits per heavy atom. The van der Waals surface area contributed by atoms with Crippen LogP contribution in [-0.4, -0.2) is 22.3 Å². The summed E-state index contributed by atoms with van der Waals surface area (Å²) in [6, 6.07) is 17.3. The van der Waals surface area contributed by atoms with Crippen LogP contribution in [0.5, 0.6) is 0 Å². The molecule has 2 unspecified atom stereocenters. The molecule has 21 heavy (non-hydrogen) atoms. The maximum atomic E-state index is 4.69. The highest BCUT2D eigenvalue weighted by molar-refractivity contribution is 7.99. The second-order valence-electron chi connectivity index (χ2n) is 5.38. The van der Waals surface area contributed by atoms with Crippen LogP contribution in [0.1, 0.15) is 17.2 Å². The van der Waals surface area contributed by atoms with Crippen LogP contribution in [0.2, 0.25) is 0 Å². The Morgan fingerprint density at radius 1 is 1.14 bits per heavy atom. The number of fused-ring (bicyclic) bond motifs is 2. The van der Waals surface area contributed by atoms with Crippen LogP contribution >= 0.6 is 11.8 Å². The summed E-state index contributed by atoms with van der Waals surface area (Å²) in [4.78, 5) is 8.11. The molecule has 0 aliphatic heterocycles. The van der Waals surface area contributed by atoms with E-state index in [2.05, 4.69) is 51.7 Å². The normalized spacial score (nSPS) is 20.8. The van der Waals surface area contributed by atoms with Crippen LogP contribution in [0.4, 0.5) is 0 Å². The lowest BCUT2D eigenvalue weighted by Crippen LogP contribution is -2.23. The summed E-state index contributed by atoms with van der Waals surface area (Å²) in [6.45, 7) is 0. The van der Waals surface area contributed by atoms with Gasteiger partial charge in [-0.15, -0.1) is 0 Å². The van der Waals surface area contributed by atoms with Crippen LogP contribution in [0.3, 0.4) is 0 Å². The fourth-order valence-corrected chi connectivity index (χ4v) is 4.43. The van der Waals surface area contributed by atoms with Gasteiger partial charge in [0.25, 0.3) is 0 Å². The minimum Gasteiger partial charge on any atom is -0.333 e. The summed E-state index contributed by atoms with van der Waals surface area (Å²) >= 11 is 1.84. The lowest BCUT2D eigenvalue weighted by molar-refractivity contribution is 0.602. The number of H-pyrrole nitrogens is 1. The summed E-state index contributed by atoms with van der Waals surface area (Å²) < 4.78 is 0. The van der Waals surface area contributed by atoms with Gasteiger partial charge >= 0.3 is 0 Å². The highest BCUT2D eigenvalue weighted by Crippen LogP contribution is 2.40. The van der Waals surface area contributed by atoms with Crippen LogP contribution in [0, 0.1) is 0 Å².